The SMILES string of the molecule is O=C([C@H]1COc2ccccc2C1)N(CC(F)(F)F)c1ccccn1. The van der Waals surface area contributed by atoms with Crippen molar-refractivity contribution in [3.63, 3.8) is 0 Å². The number of aromatic nitrogens is 1. The van der Waals surface area contributed by atoms with Gasteiger partial charge in [-0.1, -0.05) is 24.3 Å². The van der Waals surface area contributed by atoms with Gasteiger partial charge < -0.3 is 4.74 Å². The van der Waals surface area contributed by atoms with Crippen molar-refractivity contribution in [3.8, 4) is 5.75 Å². The van der Waals surface area contributed by atoms with Crippen molar-refractivity contribution >= 4 is 11.7 Å². The zero-order valence-electron chi connectivity index (χ0n) is 12.7. The van der Waals surface area contributed by atoms with Crippen LogP contribution < -0.4 is 9.64 Å². The van der Waals surface area contributed by atoms with Gasteiger partial charge in [0.05, 0.1) is 5.92 Å². The van der Waals surface area contributed by atoms with E-state index in [-0.39, 0.29) is 12.4 Å². The Bertz CT molecular complexity index is 719. The van der Waals surface area contributed by atoms with Crippen LogP contribution in [0, 0.1) is 5.92 Å². The molecule has 1 atom stereocenters. The second kappa shape index (κ2) is 6.51. The minimum absolute atomic E-state index is 0.0151. The summed E-state index contributed by atoms with van der Waals surface area (Å²) in [6.07, 6.45) is -2.81. The lowest BCUT2D eigenvalue weighted by Crippen LogP contribution is -2.45. The fourth-order valence-corrected chi connectivity index (χ4v) is 2.67. The number of ether oxygens (including phenoxy) is 1. The van der Waals surface area contributed by atoms with Crippen LogP contribution in [0.5, 0.6) is 5.75 Å². The molecule has 3 rings (SSSR count). The van der Waals surface area contributed by atoms with Crippen LogP contribution in [0.25, 0.3) is 0 Å². The molecule has 4 nitrogen and oxygen atoms in total. The summed E-state index contributed by atoms with van der Waals surface area (Å²) < 4.78 is 44.2. The fraction of sp³-hybridized carbons (Fsp3) is 0.294. The van der Waals surface area contributed by atoms with Gasteiger partial charge in [0.25, 0.3) is 0 Å². The predicted octanol–water partition coefficient (Wildman–Crippen LogP) is 3.23. The molecule has 7 heteroatoms. The summed E-state index contributed by atoms with van der Waals surface area (Å²) in [4.78, 5) is 17.3. The number of halogens is 3. The monoisotopic (exact) mass is 336 g/mol. The van der Waals surface area contributed by atoms with E-state index in [1.165, 1.54) is 12.3 Å². The minimum atomic E-state index is -4.51. The molecular formula is C17H15F3N2O2. The first-order valence-electron chi connectivity index (χ1n) is 7.44. The maximum Gasteiger partial charge on any atom is 0.406 e. The van der Waals surface area contributed by atoms with E-state index in [2.05, 4.69) is 4.98 Å². The number of hydrogen-bond acceptors (Lipinski definition) is 3. The van der Waals surface area contributed by atoms with E-state index >= 15 is 0 Å². The Balaban J connectivity index is 1.84. The molecule has 0 N–H and O–H groups in total. The third-order valence-corrected chi connectivity index (χ3v) is 3.76. The topological polar surface area (TPSA) is 42.4 Å². The van der Waals surface area contributed by atoms with Gasteiger partial charge in [-0.15, -0.1) is 0 Å². The average Bonchev–Trinajstić information content (AvgIpc) is 2.58. The summed E-state index contributed by atoms with van der Waals surface area (Å²) in [7, 11) is 0. The van der Waals surface area contributed by atoms with Gasteiger partial charge in [0.2, 0.25) is 5.91 Å². The van der Waals surface area contributed by atoms with Gasteiger partial charge in [-0.05, 0) is 30.2 Å². The van der Waals surface area contributed by atoms with Crippen LogP contribution in [-0.2, 0) is 11.2 Å². The molecule has 0 fully saturated rings. The second-order valence-electron chi connectivity index (χ2n) is 5.55. The van der Waals surface area contributed by atoms with Crippen molar-refractivity contribution in [2.45, 2.75) is 12.6 Å². The molecule has 1 aliphatic heterocycles. The number of hydrogen-bond donors (Lipinski definition) is 0. The van der Waals surface area contributed by atoms with Gasteiger partial charge in [0.15, 0.2) is 0 Å². The molecule has 0 radical (unpaired) electrons. The second-order valence-corrected chi connectivity index (χ2v) is 5.55. The molecular weight excluding hydrogens is 321 g/mol. The van der Waals surface area contributed by atoms with E-state index in [1.54, 1.807) is 24.3 Å². The number of pyridine rings is 1. The van der Waals surface area contributed by atoms with Crippen LogP contribution in [0.15, 0.2) is 48.7 Å². The number of carbonyl (C=O) groups is 1. The molecule has 2 heterocycles. The highest BCUT2D eigenvalue weighted by Crippen LogP contribution is 2.29. The highest BCUT2D eigenvalue weighted by molar-refractivity contribution is 5.94. The quantitative estimate of drug-likeness (QED) is 0.864. The van der Waals surface area contributed by atoms with Crippen molar-refractivity contribution in [2.75, 3.05) is 18.1 Å². The van der Waals surface area contributed by atoms with Gasteiger partial charge in [-0.3, -0.25) is 9.69 Å². The van der Waals surface area contributed by atoms with Gasteiger partial charge in [0, 0.05) is 6.20 Å². The Morgan fingerprint density at radius 1 is 1.21 bits per heavy atom. The Morgan fingerprint density at radius 3 is 2.67 bits per heavy atom. The molecule has 1 amide bonds. The standard InChI is InChI=1S/C17H15F3N2O2/c18-17(19,20)11-22(15-7-3-4-8-21-15)16(23)13-9-12-5-1-2-6-14(12)24-10-13/h1-8,13H,9-11H2/t13-/m1/s1. The molecule has 126 valence electrons. The highest BCUT2D eigenvalue weighted by Gasteiger charge is 2.38. The first-order valence-corrected chi connectivity index (χ1v) is 7.44. The molecule has 0 bridgehead atoms. The fourth-order valence-electron chi connectivity index (χ4n) is 2.67. The molecule has 1 aromatic carbocycles. The zero-order chi connectivity index (χ0) is 17.2. The Kier molecular flexibility index (Phi) is 4.42. The first kappa shape index (κ1) is 16.3. The van der Waals surface area contributed by atoms with E-state index in [4.69, 9.17) is 4.74 Å². The van der Waals surface area contributed by atoms with Crippen LogP contribution in [0.1, 0.15) is 5.56 Å². The molecule has 0 spiro atoms. The maximum atomic E-state index is 12.9. The van der Waals surface area contributed by atoms with Crippen LogP contribution in [0.2, 0.25) is 0 Å². The predicted molar refractivity (Wildman–Crippen MR) is 81.8 cm³/mol. The molecule has 0 saturated carbocycles. The number of para-hydroxylation sites is 1. The highest BCUT2D eigenvalue weighted by atomic mass is 19.4. The Hall–Kier alpha value is -2.57. The summed E-state index contributed by atoms with van der Waals surface area (Å²) in [6.45, 7) is -1.32. The van der Waals surface area contributed by atoms with Crippen molar-refractivity contribution in [2.24, 2.45) is 5.92 Å². The van der Waals surface area contributed by atoms with Crippen molar-refractivity contribution in [3.05, 3.63) is 54.2 Å². The van der Waals surface area contributed by atoms with E-state index in [9.17, 15) is 18.0 Å². The molecule has 1 aromatic heterocycles. The number of alkyl halides is 3. The van der Waals surface area contributed by atoms with E-state index in [0.29, 0.717) is 17.1 Å². The minimum Gasteiger partial charge on any atom is -0.492 e. The van der Waals surface area contributed by atoms with Gasteiger partial charge in [-0.25, -0.2) is 4.98 Å². The summed E-state index contributed by atoms with van der Waals surface area (Å²) in [6, 6.07) is 11.7. The van der Waals surface area contributed by atoms with Crippen molar-refractivity contribution < 1.29 is 22.7 Å². The van der Waals surface area contributed by atoms with E-state index in [0.717, 1.165) is 5.56 Å². The number of amides is 1. The lowest BCUT2D eigenvalue weighted by Gasteiger charge is -2.30. The number of carbonyl (C=O) groups excluding carboxylic acids is 1. The maximum absolute atomic E-state index is 12.9. The third kappa shape index (κ3) is 3.67. The normalized spacial score (nSPS) is 16.9. The summed E-state index contributed by atoms with van der Waals surface area (Å²) in [5.74, 6) is -0.662. The average molecular weight is 336 g/mol. The van der Waals surface area contributed by atoms with Crippen molar-refractivity contribution in [1.82, 2.24) is 4.98 Å². The largest absolute Gasteiger partial charge is 0.492 e. The number of rotatable bonds is 3. The molecule has 1 aliphatic rings. The van der Waals surface area contributed by atoms with Crippen LogP contribution >= 0.6 is 0 Å². The number of nitrogens with zero attached hydrogens (tertiary/aromatic N) is 2. The smallest absolute Gasteiger partial charge is 0.406 e. The Morgan fingerprint density at radius 2 is 1.96 bits per heavy atom. The van der Waals surface area contributed by atoms with E-state index < -0.39 is 24.5 Å². The number of benzene rings is 1. The lowest BCUT2D eigenvalue weighted by atomic mass is 9.95. The summed E-state index contributed by atoms with van der Waals surface area (Å²) >= 11 is 0. The lowest BCUT2D eigenvalue weighted by molar-refractivity contribution is -0.135. The first-order chi connectivity index (χ1) is 11.4. The van der Waals surface area contributed by atoms with Gasteiger partial charge in [-0.2, -0.15) is 13.2 Å². The van der Waals surface area contributed by atoms with Crippen LogP contribution in [0.3, 0.4) is 0 Å². The molecule has 24 heavy (non-hydrogen) atoms. The van der Waals surface area contributed by atoms with Crippen LogP contribution in [0.4, 0.5) is 19.0 Å². The molecule has 0 saturated heterocycles. The van der Waals surface area contributed by atoms with Gasteiger partial charge in [0.1, 0.15) is 24.7 Å². The summed E-state index contributed by atoms with van der Waals surface area (Å²) in [5, 5.41) is 0. The third-order valence-electron chi connectivity index (χ3n) is 3.76. The number of fused-ring (bicyclic) bond motifs is 1. The molecule has 0 unspecified atom stereocenters. The van der Waals surface area contributed by atoms with Crippen LogP contribution in [-0.4, -0.2) is 30.2 Å². The van der Waals surface area contributed by atoms with E-state index in [1.807, 2.05) is 12.1 Å². The molecule has 2 aromatic rings. The van der Waals surface area contributed by atoms with Gasteiger partial charge >= 0.3 is 6.18 Å². The molecule has 0 aliphatic carbocycles. The number of anilines is 1. The zero-order valence-corrected chi connectivity index (χ0v) is 12.7. The summed E-state index contributed by atoms with van der Waals surface area (Å²) in [5.41, 5.74) is 0.815. The Labute approximate surface area is 136 Å². The van der Waals surface area contributed by atoms with Crippen molar-refractivity contribution in [1.29, 1.82) is 0 Å².